The molecule has 0 radical (unpaired) electrons. The average molecular weight is 525 g/mol. The van der Waals surface area contributed by atoms with Crippen molar-refractivity contribution < 1.29 is 26.6 Å². The van der Waals surface area contributed by atoms with Gasteiger partial charge in [-0.15, -0.1) is 0 Å². The minimum Gasteiger partial charge on any atom is -1.00 e. The van der Waals surface area contributed by atoms with Gasteiger partial charge in [0.1, 0.15) is 25.2 Å². The molecule has 0 saturated heterocycles. The van der Waals surface area contributed by atoms with Crippen molar-refractivity contribution in [2.45, 2.75) is 32.2 Å². The highest BCUT2D eigenvalue weighted by atomic mass is 79.9. The van der Waals surface area contributed by atoms with Gasteiger partial charge in [0.15, 0.2) is 0 Å². The minimum absolute atomic E-state index is 0. The molecule has 6 rings (SSSR count). The maximum absolute atomic E-state index is 11.4. The van der Waals surface area contributed by atoms with Crippen LogP contribution in [0.25, 0.3) is 32.7 Å². The first-order valence-electron chi connectivity index (χ1n) is 12.1. The van der Waals surface area contributed by atoms with E-state index in [1.807, 2.05) is 30.3 Å². The molecule has 1 aliphatic rings. The largest absolute Gasteiger partial charge is 1.00 e. The van der Waals surface area contributed by atoms with Gasteiger partial charge in [0.25, 0.3) is 0 Å². The third-order valence-electron chi connectivity index (χ3n) is 7.90. The standard InChI is InChI=1S/C32H30NO.BrH/c1-22(32(34)24-11-4-3-5-12-24)33(2)20-27-17-16-23-10-8-9-15-29(23)31(27)30-19-26-14-7-6-13-25(26)18-28(30)21-33;/h3-19,22,32,34H,20-21H2,1-2H3;1H/q+1;/p-1. The molecule has 5 aromatic carbocycles. The lowest BCUT2D eigenvalue weighted by Gasteiger charge is -2.42. The lowest BCUT2D eigenvalue weighted by atomic mass is 9.90. The molecule has 35 heavy (non-hydrogen) atoms. The predicted octanol–water partition coefficient (Wildman–Crippen LogP) is 4.25. The van der Waals surface area contributed by atoms with Crippen LogP contribution >= 0.6 is 0 Å². The summed E-state index contributed by atoms with van der Waals surface area (Å²) >= 11 is 0. The summed E-state index contributed by atoms with van der Waals surface area (Å²) in [6, 6.07) is 36.8. The summed E-state index contributed by atoms with van der Waals surface area (Å²) in [5.41, 5.74) is 6.36. The highest BCUT2D eigenvalue weighted by Gasteiger charge is 2.39. The van der Waals surface area contributed by atoms with Gasteiger partial charge < -0.3 is 26.6 Å². The summed E-state index contributed by atoms with van der Waals surface area (Å²) < 4.78 is 0.743. The van der Waals surface area contributed by atoms with E-state index in [-0.39, 0.29) is 23.0 Å². The van der Waals surface area contributed by atoms with Crippen molar-refractivity contribution in [3.63, 3.8) is 0 Å². The van der Waals surface area contributed by atoms with Crippen LogP contribution in [0.4, 0.5) is 0 Å². The Labute approximate surface area is 217 Å². The number of nitrogens with zero attached hydrogens (tertiary/aromatic N) is 1. The van der Waals surface area contributed by atoms with Crippen LogP contribution in [-0.2, 0) is 13.1 Å². The summed E-state index contributed by atoms with van der Waals surface area (Å²) in [6.07, 6.45) is -0.530. The van der Waals surface area contributed by atoms with Crippen molar-refractivity contribution in [1.29, 1.82) is 0 Å². The number of halogens is 1. The molecule has 3 heteroatoms. The van der Waals surface area contributed by atoms with Crippen LogP contribution in [0, 0.1) is 0 Å². The van der Waals surface area contributed by atoms with E-state index in [1.54, 1.807) is 0 Å². The van der Waals surface area contributed by atoms with Crippen LogP contribution in [-0.4, -0.2) is 22.7 Å². The Balaban J connectivity index is 0.00000253. The number of fused-ring (bicyclic) bond motifs is 6. The second-order valence-corrected chi connectivity index (χ2v) is 10.1. The number of aliphatic hydroxyl groups is 1. The highest BCUT2D eigenvalue weighted by Crippen LogP contribution is 2.43. The molecule has 3 atom stereocenters. The van der Waals surface area contributed by atoms with Crippen LogP contribution in [0.15, 0.2) is 103 Å². The van der Waals surface area contributed by atoms with Crippen LogP contribution < -0.4 is 17.0 Å². The zero-order valence-electron chi connectivity index (χ0n) is 20.2. The molecule has 5 aromatic rings. The average Bonchev–Trinajstić information content (AvgIpc) is 3.00. The number of hydrogen-bond donors (Lipinski definition) is 1. The van der Waals surface area contributed by atoms with Crippen molar-refractivity contribution in [2.75, 3.05) is 7.05 Å². The second kappa shape index (κ2) is 9.23. The molecule has 0 bridgehead atoms. The fourth-order valence-electron chi connectivity index (χ4n) is 5.81. The molecule has 0 fully saturated rings. The number of quaternary nitrogens is 1. The molecule has 3 unspecified atom stereocenters. The molecular weight excluding hydrogens is 494 g/mol. The predicted molar refractivity (Wildman–Crippen MR) is 141 cm³/mol. The molecule has 0 spiro atoms. The molecule has 1 aliphatic heterocycles. The monoisotopic (exact) mass is 523 g/mol. The van der Waals surface area contributed by atoms with Crippen molar-refractivity contribution in [3.05, 3.63) is 120 Å². The third-order valence-corrected chi connectivity index (χ3v) is 7.90. The topological polar surface area (TPSA) is 20.2 Å². The summed E-state index contributed by atoms with van der Waals surface area (Å²) in [4.78, 5) is 0. The maximum Gasteiger partial charge on any atom is 0.130 e. The van der Waals surface area contributed by atoms with Gasteiger partial charge >= 0.3 is 0 Å². The normalized spacial score (nSPS) is 18.7. The van der Waals surface area contributed by atoms with Crippen LogP contribution in [0.5, 0.6) is 0 Å². The van der Waals surface area contributed by atoms with E-state index >= 15 is 0 Å². The number of likely N-dealkylation sites (N-methyl/N-ethyl adjacent to an activating group) is 1. The molecule has 0 aliphatic carbocycles. The fraction of sp³-hybridized carbons (Fsp3) is 0.188. The molecule has 2 nitrogen and oxygen atoms in total. The Bertz CT molecular complexity index is 1510. The van der Waals surface area contributed by atoms with E-state index < -0.39 is 6.10 Å². The Morgan fingerprint density at radius 2 is 1.29 bits per heavy atom. The van der Waals surface area contributed by atoms with Crippen molar-refractivity contribution in [3.8, 4) is 11.1 Å². The molecule has 0 amide bonds. The minimum atomic E-state index is -0.530. The van der Waals surface area contributed by atoms with Gasteiger partial charge in [-0.05, 0) is 57.3 Å². The summed E-state index contributed by atoms with van der Waals surface area (Å²) in [6.45, 7) is 3.94. The van der Waals surface area contributed by atoms with E-state index in [2.05, 4.69) is 86.8 Å². The lowest BCUT2D eigenvalue weighted by Crippen LogP contribution is -3.00. The Morgan fingerprint density at radius 1 is 0.686 bits per heavy atom. The molecule has 1 N–H and O–H groups in total. The molecule has 0 saturated carbocycles. The molecule has 0 aromatic heterocycles. The van der Waals surface area contributed by atoms with E-state index in [9.17, 15) is 5.11 Å². The van der Waals surface area contributed by atoms with E-state index in [4.69, 9.17) is 0 Å². The first kappa shape index (κ1) is 23.7. The second-order valence-electron chi connectivity index (χ2n) is 10.1. The zero-order chi connectivity index (χ0) is 23.3. The van der Waals surface area contributed by atoms with E-state index in [0.29, 0.717) is 0 Å². The SMILES string of the molecule is CC(C(O)c1ccccc1)[N+]1(C)Cc2cc3ccccc3cc2-c2c(ccc3ccccc23)C1.[Br-]. The van der Waals surface area contributed by atoms with Gasteiger partial charge in [-0.25, -0.2) is 0 Å². The molecule has 176 valence electrons. The highest BCUT2D eigenvalue weighted by molar-refractivity contribution is 6.01. The lowest BCUT2D eigenvalue weighted by molar-refractivity contribution is -0.960. The van der Waals surface area contributed by atoms with Gasteiger partial charge in [0.05, 0.1) is 7.05 Å². The quantitative estimate of drug-likeness (QED) is 0.350. The third kappa shape index (κ3) is 4.08. The van der Waals surface area contributed by atoms with Crippen molar-refractivity contribution in [1.82, 2.24) is 0 Å². The maximum atomic E-state index is 11.4. The first-order chi connectivity index (χ1) is 16.5. The zero-order valence-corrected chi connectivity index (χ0v) is 21.7. The number of aliphatic hydroxyl groups excluding tert-OH is 1. The number of benzene rings is 5. The van der Waals surface area contributed by atoms with Crippen molar-refractivity contribution >= 4 is 21.5 Å². The van der Waals surface area contributed by atoms with Crippen LogP contribution in [0.3, 0.4) is 0 Å². The van der Waals surface area contributed by atoms with Crippen LogP contribution in [0.1, 0.15) is 29.7 Å². The summed E-state index contributed by atoms with van der Waals surface area (Å²) in [5, 5.41) is 16.5. The van der Waals surface area contributed by atoms with Gasteiger partial charge in [0.2, 0.25) is 0 Å². The number of hydrogen-bond acceptors (Lipinski definition) is 1. The summed E-state index contributed by atoms with van der Waals surface area (Å²) in [5.74, 6) is 0. The molecular formula is C32H30BrNO. The molecule has 1 heterocycles. The van der Waals surface area contributed by atoms with E-state index in [1.165, 1.54) is 43.8 Å². The smallest absolute Gasteiger partial charge is 0.130 e. The first-order valence-corrected chi connectivity index (χ1v) is 12.1. The fourth-order valence-corrected chi connectivity index (χ4v) is 5.81. The van der Waals surface area contributed by atoms with Gasteiger partial charge in [0, 0.05) is 11.1 Å². The number of rotatable bonds is 3. The van der Waals surface area contributed by atoms with Gasteiger partial charge in [-0.3, -0.25) is 0 Å². The van der Waals surface area contributed by atoms with Crippen LogP contribution in [0.2, 0.25) is 0 Å². The Morgan fingerprint density at radius 3 is 2.03 bits per heavy atom. The van der Waals surface area contributed by atoms with E-state index in [0.717, 1.165) is 23.1 Å². The van der Waals surface area contributed by atoms with Gasteiger partial charge in [-0.2, -0.15) is 0 Å². The Kier molecular flexibility index (Phi) is 6.27. The summed E-state index contributed by atoms with van der Waals surface area (Å²) in [7, 11) is 2.31. The van der Waals surface area contributed by atoms with Gasteiger partial charge in [-0.1, -0.05) is 91.0 Å². The Hall–Kier alpha value is -2.98. The van der Waals surface area contributed by atoms with Crippen molar-refractivity contribution in [2.24, 2.45) is 0 Å².